The molecule has 5 nitrogen and oxygen atoms in total. The van der Waals surface area contributed by atoms with E-state index in [1.54, 1.807) is 42.5 Å². The van der Waals surface area contributed by atoms with Crippen molar-refractivity contribution in [1.29, 1.82) is 0 Å². The SMILES string of the molecule is CC1(CNC(=O)/C(=C/c2ccco2)NC(=O)c2ccccc2)CCCC1. The van der Waals surface area contributed by atoms with Crippen molar-refractivity contribution in [3.63, 3.8) is 0 Å². The summed E-state index contributed by atoms with van der Waals surface area (Å²) in [5, 5.41) is 5.68. The lowest BCUT2D eigenvalue weighted by atomic mass is 9.89. The molecule has 5 heteroatoms. The molecule has 26 heavy (non-hydrogen) atoms. The Labute approximate surface area is 153 Å². The molecule has 0 saturated heterocycles. The van der Waals surface area contributed by atoms with Gasteiger partial charge < -0.3 is 15.1 Å². The van der Waals surface area contributed by atoms with E-state index in [1.807, 2.05) is 6.07 Å². The first-order valence-electron chi connectivity index (χ1n) is 8.96. The van der Waals surface area contributed by atoms with E-state index >= 15 is 0 Å². The Morgan fingerprint density at radius 3 is 2.50 bits per heavy atom. The van der Waals surface area contributed by atoms with Crippen molar-refractivity contribution in [2.24, 2.45) is 5.41 Å². The predicted molar refractivity (Wildman–Crippen MR) is 100 cm³/mol. The van der Waals surface area contributed by atoms with Crippen LogP contribution in [0.2, 0.25) is 0 Å². The molecule has 1 aliphatic carbocycles. The van der Waals surface area contributed by atoms with Crippen LogP contribution in [0.1, 0.15) is 48.7 Å². The molecule has 2 N–H and O–H groups in total. The molecule has 0 unspecified atom stereocenters. The highest BCUT2D eigenvalue weighted by Crippen LogP contribution is 2.36. The van der Waals surface area contributed by atoms with Crippen molar-refractivity contribution in [3.8, 4) is 0 Å². The van der Waals surface area contributed by atoms with E-state index in [-0.39, 0.29) is 22.9 Å². The van der Waals surface area contributed by atoms with E-state index in [9.17, 15) is 9.59 Å². The van der Waals surface area contributed by atoms with Crippen LogP contribution in [0.4, 0.5) is 0 Å². The third-order valence-electron chi connectivity index (χ3n) is 4.84. The van der Waals surface area contributed by atoms with Gasteiger partial charge in [0.05, 0.1) is 6.26 Å². The molecular weight excluding hydrogens is 328 g/mol. The molecule has 0 aliphatic heterocycles. The summed E-state index contributed by atoms with van der Waals surface area (Å²) in [4.78, 5) is 25.1. The predicted octanol–water partition coefficient (Wildman–Crippen LogP) is 3.75. The maximum Gasteiger partial charge on any atom is 0.267 e. The third kappa shape index (κ3) is 4.63. The summed E-state index contributed by atoms with van der Waals surface area (Å²) < 4.78 is 5.29. The lowest BCUT2D eigenvalue weighted by Gasteiger charge is -2.24. The van der Waals surface area contributed by atoms with Gasteiger partial charge in [-0.05, 0) is 42.5 Å². The first-order chi connectivity index (χ1) is 12.6. The molecule has 1 saturated carbocycles. The smallest absolute Gasteiger partial charge is 0.267 e. The highest BCUT2D eigenvalue weighted by molar-refractivity contribution is 6.05. The fourth-order valence-corrected chi connectivity index (χ4v) is 3.25. The minimum absolute atomic E-state index is 0.134. The van der Waals surface area contributed by atoms with Gasteiger partial charge >= 0.3 is 0 Å². The third-order valence-corrected chi connectivity index (χ3v) is 4.84. The summed E-state index contributed by atoms with van der Waals surface area (Å²) in [6.07, 6.45) is 7.70. The number of hydrogen-bond donors (Lipinski definition) is 2. The van der Waals surface area contributed by atoms with Crippen LogP contribution in [0.3, 0.4) is 0 Å². The van der Waals surface area contributed by atoms with Crippen LogP contribution in [-0.2, 0) is 4.79 Å². The largest absolute Gasteiger partial charge is 0.465 e. The Morgan fingerprint density at radius 1 is 1.12 bits per heavy atom. The van der Waals surface area contributed by atoms with Gasteiger partial charge in [-0.15, -0.1) is 0 Å². The molecule has 136 valence electrons. The topological polar surface area (TPSA) is 71.3 Å². The van der Waals surface area contributed by atoms with Gasteiger partial charge in [0.25, 0.3) is 11.8 Å². The Hall–Kier alpha value is -2.82. The first kappa shape index (κ1) is 18.0. The Bertz CT molecular complexity index is 773. The molecule has 0 spiro atoms. The molecule has 2 amide bonds. The van der Waals surface area contributed by atoms with Crippen LogP contribution in [0.25, 0.3) is 6.08 Å². The minimum atomic E-state index is -0.328. The van der Waals surface area contributed by atoms with Crippen molar-refractivity contribution >= 4 is 17.9 Å². The molecule has 1 fully saturated rings. The molecule has 2 aromatic rings. The highest BCUT2D eigenvalue weighted by atomic mass is 16.3. The van der Waals surface area contributed by atoms with Crippen LogP contribution in [-0.4, -0.2) is 18.4 Å². The van der Waals surface area contributed by atoms with Crippen LogP contribution in [0.15, 0.2) is 58.8 Å². The second kappa shape index (κ2) is 8.04. The molecule has 1 heterocycles. The molecule has 0 atom stereocenters. The zero-order valence-electron chi connectivity index (χ0n) is 15.0. The van der Waals surface area contributed by atoms with Crippen molar-refractivity contribution in [1.82, 2.24) is 10.6 Å². The van der Waals surface area contributed by atoms with Crippen molar-refractivity contribution in [2.75, 3.05) is 6.54 Å². The summed E-state index contributed by atoms with van der Waals surface area (Å²) in [5.41, 5.74) is 0.804. The number of nitrogens with one attached hydrogen (secondary N) is 2. The van der Waals surface area contributed by atoms with Gasteiger partial charge in [-0.25, -0.2) is 0 Å². The van der Waals surface area contributed by atoms with Crippen LogP contribution in [0.5, 0.6) is 0 Å². The number of carbonyl (C=O) groups is 2. The van der Waals surface area contributed by atoms with E-state index < -0.39 is 0 Å². The van der Waals surface area contributed by atoms with Gasteiger partial charge in [-0.1, -0.05) is 38.0 Å². The molecule has 0 radical (unpaired) electrons. The number of amides is 2. The summed E-state index contributed by atoms with van der Waals surface area (Å²) in [6.45, 7) is 2.79. The Balaban J connectivity index is 1.73. The van der Waals surface area contributed by atoms with E-state index in [2.05, 4.69) is 17.6 Å². The summed E-state index contributed by atoms with van der Waals surface area (Å²) in [7, 11) is 0. The van der Waals surface area contributed by atoms with E-state index in [0.717, 1.165) is 12.8 Å². The Morgan fingerprint density at radius 2 is 1.85 bits per heavy atom. The standard InChI is InChI=1S/C21H24N2O3/c1-21(11-5-6-12-21)15-22-20(25)18(14-17-10-7-13-26-17)23-19(24)16-8-3-2-4-9-16/h2-4,7-10,13-14H,5-6,11-12,15H2,1H3,(H,22,25)(H,23,24)/b18-14-. The summed E-state index contributed by atoms with van der Waals surface area (Å²) in [5.74, 6) is -0.125. The van der Waals surface area contributed by atoms with Crippen molar-refractivity contribution < 1.29 is 14.0 Å². The van der Waals surface area contributed by atoms with Gasteiger partial charge in [0.15, 0.2) is 0 Å². The maximum absolute atomic E-state index is 12.7. The molecule has 1 aromatic carbocycles. The van der Waals surface area contributed by atoms with Gasteiger partial charge in [-0.2, -0.15) is 0 Å². The van der Waals surface area contributed by atoms with Crippen LogP contribution < -0.4 is 10.6 Å². The normalized spacial score (nSPS) is 16.3. The Kier molecular flexibility index (Phi) is 5.56. The summed E-state index contributed by atoms with van der Waals surface area (Å²) >= 11 is 0. The first-order valence-corrected chi connectivity index (χ1v) is 8.96. The number of rotatable bonds is 6. The van der Waals surface area contributed by atoms with E-state index in [1.165, 1.54) is 19.1 Å². The lowest BCUT2D eigenvalue weighted by molar-refractivity contribution is -0.118. The monoisotopic (exact) mass is 352 g/mol. The fourth-order valence-electron chi connectivity index (χ4n) is 3.25. The maximum atomic E-state index is 12.7. The summed E-state index contributed by atoms with van der Waals surface area (Å²) in [6, 6.07) is 12.3. The molecule has 0 bridgehead atoms. The molecule has 3 rings (SSSR count). The molecule has 1 aliphatic rings. The number of hydrogen-bond acceptors (Lipinski definition) is 3. The van der Waals surface area contributed by atoms with Gasteiger partial charge in [0, 0.05) is 18.2 Å². The van der Waals surface area contributed by atoms with Crippen molar-refractivity contribution in [2.45, 2.75) is 32.6 Å². The van der Waals surface area contributed by atoms with Gasteiger partial charge in [-0.3, -0.25) is 9.59 Å². The van der Waals surface area contributed by atoms with Gasteiger partial charge in [0.1, 0.15) is 11.5 Å². The van der Waals surface area contributed by atoms with Crippen LogP contribution in [0, 0.1) is 5.41 Å². The number of carbonyl (C=O) groups excluding carboxylic acids is 2. The van der Waals surface area contributed by atoms with Crippen LogP contribution >= 0.6 is 0 Å². The zero-order valence-corrected chi connectivity index (χ0v) is 15.0. The fraction of sp³-hybridized carbons (Fsp3) is 0.333. The zero-order chi connectivity index (χ0) is 18.4. The molecular formula is C21H24N2O3. The van der Waals surface area contributed by atoms with Crippen molar-refractivity contribution in [3.05, 3.63) is 65.7 Å². The van der Waals surface area contributed by atoms with E-state index in [4.69, 9.17) is 4.42 Å². The van der Waals surface area contributed by atoms with Gasteiger partial charge in [0.2, 0.25) is 0 Å². The highest BCUT2D eigenvalue weighted by Gasteiger charge is 2.29. The number of furan rings is 1. The number of benzene rings is 1. The second-order valence-corrected chi connectivity index (χ2v) is 7.09. The lowest BCUT2D eigenvalue weighted by Crippen LogP contribution is -2.39. The quantitative estimate of drug-likeness (QED) is 0.778. The molecule has 1 aromatic heterocycles. The van der Waals surface area contributed by atoms with E-state index in [0.29, 0.717) is 17.9 Å². The minimum Gasteiger partial charge on any atom is -0.465 e. The second-order valence-electron chi connectivity index (χ2n) is 7.09. The average molecular weight is 352 g/mol. The average Bonchev–Trinajstić information content (AvgIpc) is 3.32.